The summed E-state index contributed by atoms with van der Waals surface area (Å²) in [5, 5.41) is 5.52. The van der Waals surface area contributed by atoms with E-state index in [0.29, 0.717) is 42.0 Å². The first-order chi connectivity index (χ1) is 18.9. The van der Waals surface area contributed by atoms with E-state index in [9.17, 15) is 19.2 Å². The van der Waals surface area contributed by atoms with Crippen LogP contribution in [0.4, 0.5) is 5.69 Å². The monoisotopic (exact) mass is 528 g/mol. The fraction of sp³-hybridized carbons (Fsp3) is 0.400. The van der Waals surface area contributed by atoms with Crippen LogP contribution in [0, 0.1) is 17.8 Å². The van der Waals surface area contributed by atoms with Crippen molar-refractivity contribution in [1.29, 1.82) is 0 Å². The molecule has 9 nitrogen and oxygen atoms in total. The number of rotatable bonds is 5. The van der Waals surface area contributed by atoms with Gasteiger partial charge in [-0.3, -0.25) is 24.5 Å². The molecule has 2 aromatic rings. The molecule has 0 spiro atoms. The van der Waals surface area contributed by atoms with Crippen molar-refractivity contribution >= 4 is 29.3 Å². The molecule has 4 amide bonds. The zero-order valence-electron chi connectivity index (χ0n) is 21.9. The van der Waals surface area contributed by atoms with E-state index in [0.717, 1.165) is 36.8 Å². The number of nitrogens with two attached hydrogens (primary N) is 1. The summed E-state index contributed by atoms with van der Waals surface area (Å²) in [6, 6.07) is 9.82. The van der Waals surface area contributed by atoms with E-state index in [1.807, 2.05) is 6.07 Å². The first-order valence-corrected chi connectivity index (χ1v) is 13.4. The van der Waals surface area contributed by atoms with Crippen molar-refractivity contribution in [3.8, 4) is 17.6 Å². The minimum atomic E-state index is -0.656. The molecule has 5 rings (SSSR count). The summed E-state index contributed by atoms with van der Waals surface area (Å²) < 4.78 is 5.25. The summed E-state index contributed by atoms with van der Waals surface area (Å²) in [5.41, 5.74) is 8.99. The smallest absolute Gasteiger partial charge is 0.255 e. The second-order valence-electron chi connectivity index (χ2n) is 10.3. The molecule has 1 saturated carbocycles. The molecule has 202 valence electrons. The average molecular weight is 529 g/mol. The van der Waals surface area contributed by atoms with Crippen molar-refractivity contribution in [1.82, 2.24) is 15.5 Å². The van der Waals surface area contributed by atoms with E-state index in [-0.39, 0.29) is 36.1 Å². The zero-order chi connectivity index (χ0) is 27.5. The number of nitrogen functional groups attached to an aromatic ring is 1. The van der Waals surface area contributed by atoms with Crippen molar-refractivity contribution < 1.29 is 23.9 Å². The molecule has 0 bridgehead atoms. The van der Waals surface area contributed by atoms with Gasteiger partial charge in [-0.15, -0.1) is 0 Å². The summed E-state index contributed by atoms with van der Waals surface area (Å²) in [6.45, 7) is 0.290. The van der Waals surface area contributed by atoms with Gasteiger partial charge >= 0.3 is 0 Å². The fourth-order valence-corrected chi connectivity index (χ4v) is 5.73. The lowest BCUT2D eigenvalue weighted by molar-refractivity contribution is -0.136. The zero-order valence-corrected chi connectivity index (χ0v) is 21.9. The van der Waals surface area contributed by atoms with Gasteiger partial charge in [-0.2, -0.15) is 0 Å². The number of hydrogen-bond donors (Lipinski definition) is 3. The normalized spacial score (nSPS) is 22.4. The van der Waals surface area contributed by atoms with Crippen LogP contribution in [0.2, 0.25) is 0 Å². The van der Waals surface area contributed by atoms with Crippen molar-refractivity contribution in [3.63, 3.8) is 0 Å². The van der Waals surface area contributed by atoms with Crippen LogP contribution >= 0.6 is 0 Å². The molecule has 3 aliphatic rings. The molecule has 9 heteroatoms. The quantitative estimate of drug-likeness (QED) is 0.311. The van der Waals surface area contributed by atoms with Gasteiger partial charge in [0.2, 0.25) is 11.8 Å². The van der Waals surface area contributed by atoms with E-state index in [4.69, 9.17) is 10.5 Å². The van der Waals surface area contributed by atoms with Gasteiger partial charge in [-0.1, -0.05) is 30.7 Å². The number of hydrogen-bond acceptors (Lipinski definition) is 6. The van der Waals surface area contributed by atoms with Crippen molar-refractivity contribution in [2.45, 2.75) is 63.6 Å². The molecule has 0 aromatic heterocycles. The number of benzene rings is 2. The first kappa shape index (κ1) is 26.3. The third kappa shape index (κ3) is 5.46. The molecular formula is C30H32N4O5. The third-order valence-electron chi connectivity index (χ3n) is 7.89. The van der Waals surface area contributed by atoms with E-state index in [2.05, 4.69) is 22.5 Å². The first-order valence-electron chi connectivity index (χ1n) is 13.4. The van der Waals surface area contributed by atoms with Crippen LogP contribution in [-0.4, -0.2) is 47.7 Å². The van der Waals surface area contributed by atoms with Gasteiger partial charge in [0, 0.05) is 42.1 Å². The summed E-state index contributed by atoms with van der Waals surface area (Å²) in [5.74, 6) is 6.13. The van der Waals surface area contributed by atoms with E-state index >= 15 is 0 Å². The van der Waals surface area contributed by atoms with Gasteiger partial charge in [0.05, 0.1) is 12.8 Å². The number of nitrogens with zero attached hydrogens (tertiary/aromatic N) is 1. The van der Waals surface area contributed by atoms with Crippen molar-refractivity contribution in [3.05, 3.63) is 58.7 Å². The maximum Gasteiger partial charge on any atom is 0.255 e. The Kier molecular flexibility index (Phi) is 7.55. The van der Waals surface area contributed by atoms with Crippen LogP contribution in [0.15, 0.2) is 36.4 Å². The van der Waals surface area contributed by atoms with Crippen LogP contribution in [0.1, 0.15) is 76.8 Å². The van der Waals surface area contributed by atoms with E-state index in [1.165, 1.54) is 12.0 Å². The lowest BCUT2D eigenvalue weighted by Crippen LogP contribution is -2.52. The molecule has 39 heavy (non-hydrogen) atoms. The molecule has 2 heterocycles. The number of anilines is 1. The highest BCUT2D eigenvalue weighted by atomic mass is 16.5. The Bertz CT molecular complexity index is 1390. The molecule has 1 saturated heterocycles. The van der Waals surface area contributed by atoms with Gasteiger partial charge in [0.25, 0.3) is 11.8 Å². The molecular weight excluding hydrogens is 496 g/mol. The highest BCUT2D eigenvalue weighted by Gasteiger charge is 2.39. The third-order valence-corrected chi connectivity index (χ3v) is 7.89. The van der Waals surface area contributed by atoms with E-state index in [1.54, 1.807) is 30.3 Å². The SMILES string of the molecule is COc1cc(C(=O)N[C@@H]2CCCC[C@@H]2CC#Cc2cccc3c2CN(C2CCC(=O)NC2=O)C3=O)ccc1N. The second kappa shape index (κ2) is 11.2. The Labute approximate surface area is 227 Å². The summed E-state index contributed by atoms with van der Waals surface area (Å²) in [4.78, 5) is 51.5. The standard InChI is InChI=1S/C30H32N4O5/c1-39-26-16-20(12-13-23(26)31)28(36)32-24-11-3-2-6-19(24)9-4-7-18-8-5-10-21-22(18)17-34(30(21)38)25-14-15-27(35)33-29(25)37/h5,8,10,12-13,16,19,24-25H,2-3,6,9,11,14-15,17,31H2,1H3,(H,32,36)(H,33,35,37)/t19-,24-,25?/m1/s1. The largest absolute Gasteiger partial charge is 0.495 e. The minimum Gasteiger partial charge on any atom is -0.495 e. The highest BCUT2D eigenvalue weighted by Crippen LogP contribution is 2.31. The molecule has 2 fully saturated rings. The van der Waals surface area contributed by atoms with Gasteiger partial charge in [0.15, 0.2) is 0 Å². The molecule has 2 aliphatic heterocycles. The number of piperidine rings is 1. The molecule has 4 N–H and O–H groups in total. The lowest BCUT2D eigenvalue weighted by atomic mass is 9.82. The average Bonchev–Trinajstić information content (AvgIpc) is 3.26. The number of ether oxygens (including phenoxy) is 1. The Hall–Kier alpha value is -4.32. The van der Waals surface area contributed by atoms with Crippen molar-refractivity contribution in [2.75, 3.05) is 12.8 Å². The Morgan fingerprint density at radius 1 is 1.15 bits per heavy atom. The van der Waals surface area contributed by atoms with Gasteiger partial charge < -0.3 is 20.7 Å². The van der Waals surface area contributed by atoms with Crippen molar-refractivity contribution in [2.24, 2.45) is 5.92 Å². The topological polar surface area (TPSA) is 131 Å². The molecule has 2 aromatic carbocycles. The summed E-state index contributed by atoms with van der Waals surface area (Å²) in [6.07, 6.45) is 5.15. The number of carbonyl (C=O) groups is 4. The van der Waals surface area contributed by atoms with E-state index < -0.39 is 11.9 Å². The molecule has 0 radical (unpaired) electrons. The Morgan fingerprint density at radius 3 is 2.77 bits per heavy atom. The molecule has 1 aliphatic carbocycles. The lowest BCUT2D eigenvalue weighted by Gasteiger charge is -2.31. The van der Waals surface area contributed by atoms with Crippen LogP contribution < -0.4 is 21.1 Å². The highest BCUT2D eigenvalue weighted by molar-refractivity contribution is 6.05. The van der Waals surface area contributed by atoms with Gasteiger partial charge in [-0.05, 0) is 61.1 Å². The minimum absolute atomic E-state index is 0.00943. The Balaban J connectivity index is 1.27. The fourth-order valence-electron chi connectivity index (χ4n) is 5.73. The molecule has 1 unspecified atom stereocenters. The van der Waals surface area contributed by atoms with Crippen LogP contribution in [0.3, 0.4) is 0 Å². The predicted molar refractivity (Wildman–Crippen MR) is 145 cm³/mol. The number of amides is 4. The van der Waals surface area contributed by atoms with Gasteiger partial charge in [-0.25, -0.2) is 0 Å². The number of carbonyl (C=O) groups excluding carboxylic acids is 4. The summed E-state index contributed by atoms with van der Waals surface area (Å²) in [7, 11) is 1.52. The maximum atomic E-state index is 13.1. The summed E-state index contributed by atoms with van der Waals surface area (Å²) >= 11 is 0. The predicted octanol–water partition coefficient (Wildman–Crippen LogP) is 2.77. The second-order valence-corrected chi connectivity index (χ2v) is 10.3. The maximum absolute atomic E-state index is 13.1. The van der Waals surface area contributed by atoms with Crippen LogP contribution in [-0.2, 0) is 16.1 Å². The Morgan fingerprint density at radius 2 is 1.97 bits per heavy atom. The number of fused-ring (bicyclic) bond motifs is 1. The van der Waals surface area contributed by atoms with Crippen LogP contribution in [0.25, 0.3) is 0 Å². The number of nitrogens with one attached hydrogen (secondary N) is 2. The molecule has 3 atom stereocenters. The number of imide groups is 1. The van der Waals surface area contributed by atoms with Crippen LogP contribution in [0.5, 0.6) is 5.75 Å². The number of methoxy groups -OCH3 is 1. The van der Waals surface area contributed by atoms with Gasteiger partial charge in [0.1, 0.15) is 11.8 Å².